The minimum Gasteiger partial charge on any atom is -0.453 e. The summed E-state index contributed by atoms with van der Waals surface area (Å²) in [4.78, 5) is 18.6. The third-order valence-corrected chi connectivity index (χ3v) is 3.57. The van der Waals surface area contributed by atoms with Gasteiger partial charge in [0.2, 0.25) is 0 Å². The summed E-state index contributed by atoms with van der Waals surface area (Å²) in [6.45, 7) is 0.776. The second kappa shape index (κ2) is 6.83. The Morgan fingerprint density at radius 3 is 2.91 bits per heavy atom. The molecule has 2 heterocycles. The van der Waals surface area contributed by atoms with E-state index in [4.69, 9.17) is 0 Å². The molecule has 3 rings (SSSR count). The van der Waals surface area contributed by atoms with Gasteiger partial charge in [-0.3, -0.25) is 5.32 Å². The van der Waals surface area contributed by atoms with E-state index < -0.39 is 6.09 Å². The Kier molecular flexibility index (Phi) is 4.42. The van der Waals surface area contributed by atoms with E-state index in [9.17, 15) is 4.79 Å². The molecule has 0 radical (unpaired) electrons. The highest BCUT2D eigenvalue weighted by Gasteiger charge is 2.03. The van der Waals surface area contributed by atoms with E-state index in [0.717, 1.165) is 24.3 Å². The van der Waals surface area contributed by atoms with Gasteiger partial charge in [-0.05, 0) is 30.2 Å². The van der Waals surface area contributed by atoms with E-state index in [-0.39, 0.29) is 0 Å². The van der Waals surface area contributed by atoms with Gasteiger partial charge in [-0.2, -0.15) is 0 Å². The zero-order chi connectivity index (χ0) is 16.1. The van der Waals surface area contributed by atoms with Crippen LogP contribution in [0.15, 0.2) is 48.8 Å². The molecule has 0 atom stereocenters. The Hall–Kier alpha value is -3.02. The Labute approximate surface area is 133 Å². The normalized spacial score (nSPS) is 10.5. The van der Waals surface area contributed by atoms with Gasteiger partial charge in [0.15, 0.2) is 0 Å². The van der Waals surface area contributed by atoms with Gasteiger partial charge in [-0.1, -0.05) is 18.2 Å². The Bertz CT molecular complexity index is 796. The van der Waals surface area contributed by atoms with Crippen molar-refractivity contribution < 1.29 is 9.53 Å². The molecule has 1 amide bonds. The number of anilines is 2. The maximum Gasteiger partial charge on any atom is 0.411 e. The van der Waals surface area contributed by atoms with Crippen molar-refractivity contribution >= 4 is 28.5 Å². The SMILES string of the molecule is COC(=O)Nc1ccc(NCCc2c[nH]c3ccccc23)nc1. The molecule has 0 bridgehead atoms. The van der Waals surface area contributed by atoms with Crippen molar-refractivity contribution in [2.24, 2.45) is 0 Å². The number of amides is 1. The quantitative estimate of drug-likeness (QED) is 0.675. The number of benzene rings is 1. The van der Waals surface area contributed by atoms with Crippen LogP contribution < -0.4 is 10.6 Å². The molecule has 0 aliphatic heterocycles. The van der Waals surface area contributed by atoms with Crippen LogP contribution in [-0.2, 0) is 11.2 Å². The van der Waals surface area contributed by atoms with E-state index in [0.29, 0.717) is 5.69 Å². The summed E-state index contributed by atoms with van der Waals surface area (Å²) in [5, 5.41) is 7.08. The number of nitrogens with zero attached hydrogens (tertiary/aromatic N) is 1. The van der Waals surface area contributed by atoms with Crippen molar-refractivity contribution in [2.75, 3.05) is 24.3 Å². The predicted octanol–water partition coefficient (Wildman–Crippen LogP) is 3.40. The fourth-order valence-electron chi connectivity index (χ4n) is 2.40. The van der Waals surface area contributed by atoms with Crippen LogP contribution in [0.2, 0.25) is 0 Å². The molecule has 23 heavy (non-hydrogen) atoms. The van der Waals surface area contributed by atoms with E-state index in [1.807, 2.05) is 24.4 Å². The topological polar surface area (TPSA) is 79.0 Å². The fourth-order valence-corrected chi connectivity index (χ4v) is 2.40. The molecule has 6 nitrogen and oxygen atoms in total. The molecule has 0 fully saturated rings. The Balaban J connectivity index is 1.55. The number of aromatic amines is 1. The number of pyridine rings is 1. The Morgan fingerprint density at radius 2 is 2.13 bits per heavy atom. The first kappa shape index (κ1) is 14.9. The average molecular weight is 310 g/mol. The van der Waals surface area contributed by atoms with E-state index in [1.165, 1.54) is 18.1 Å². The highest BCUT2D eigenvalue weighted by molar-refractivity contribution is 5.84. The average Bonchev–Trinajstić information content (AvgIpc) is 3.00. The van der Waals surface area contributed by atoms with Crippen molar-refractivity contribution in [3.05, 3.63) is 54.4 Å². The van der Waals surface area contributed by atoms with Crippen LogP contribution in [0, 0.1) is 0 Å². The van der Waals surface area contributed by atoms with Crippen molar-refractivity contribution in [3.63, 3.8) is 0 Å². The number of hydrogen-bond acceptors (Lipinski definition) is 4. The summed E-state index contributed by atoms with van der Waals surface area (Å²) in [6, 6.07) is 11.8. The summed E-state index contributed by atoms with van der Waals surface area (Å²) < 4.78 is 4.53. The number of fused-ring (bicyclic) bond motifs is 1. The first-order valence-corrected chi connectivity index (χ1v) is 7.36. The lowest BCUT2D eigenvalue weighted by molar-refractivity contribution is 0.187. The molecule has 1 aromatic carbocycles. The molecule has 3 aromatic rings. The zero-order valence-corrected chi connectivity index (χ0v) is 12.8. The van der Waals surface area contributed by atoms with Crippen LogP contribution in [0.5, 0.6) is 0 Å². The number of aromatic nitrogens is 2. The summed E-state index contributed by atoms with van der Waals surface area (Å²) in [5.74, 6) is 0.764. The monoisotopic (exact) mass is 310 g/mol. The molecule has 118 valence electrons. The van der Waals surface area contributed by atoms with E-state index in [1.54, 1.807) is 12.3 Å². The van der Waals surface area contributed by atoms with Crippen LogP contribution in [0.3, 0.4) is 0 Å². The third-order valence-electron chi connectivity index (χ3n) is 3.57. The van der Waals surface area contributed by atoms with Crippen molar-refractivity contribution in [3.8, 4) is 0 Å². The number of rotatable bonds is 5. The second-order valence-corrected chi connectivity index (χ2v) is 5.08. The molecule has 0 aliphatic carbocycles. The number of methoxy groups -OCH3 is 1. The van der Waals surface area contributed by atoms with Crippen LogP contribution >= 0.6 is 0 Å². The van der Waals surface area contributed by atoms with Gasteiger partial charge in [-0.25, -0.2) is 9.78 Å². The minimum atomic E-state index is -0.508. The lowest BCUT2D eigenvalue weighted by atomic mass is 10.1. The van der Waals surface area contributed by atoms with Crippen LogP contribution in [-0.4, -0.2) is 29.7 Å². The van der Waals surface area contributed by atoms with Gasteiger partial charge < -0.3 is 15.0 Å². The van der Waals surface area contributed by atoms with Crippen LogP contribution in [0.1, 0.15) is 5.56 Å². The first-order valence-electron chi connectivity index (χ1n) is 7.36. The van der Waals surface area contributed by atoms with Gasteiger partial charge in [0.05, 0.1) is 19.0 Å². The van der Waals surface area contributed by atoms with Gasteiger partial charge in [-0.15, -0.1) is 0 Å². The fraction of sp³-hybridized carbons (Fsp3) is 0.176. The first-order chi connectivity index (χ1) is 11.3. The van der Waals surface area contributed by atoms with Gasteiger partial charge >= 0.3 is 6.09 Å². The summed E-state index contributed by atoms with van der Waals surface area (Å²) in [7, 11) is 1.32. The molecule has 0 saturated heterocycles. The lowest BCUT2D eigenvalue weighted by Crippen LogP contribution is -2.11. The molecular weight excluding hydrogens is 292 g/mol. The standard InChI is InChI=1S/C17H18N4O2/c1-23-17(22)21-13-6-7-16(20-11-13)18-9-8-12-10-19-15-5-3-2-4-14(12)15/h2-7,10-11,19H,8-9H2,1H3,(H,18,20)(H,21,22). The van der Waals surface area contributed by atoms with E-state index in [2.05, 4.69) is 37.5 Å². The van der Waals surface area contributed by atoms with Crippen LogP contribution in [0.4, 0.5) is 16.3 Å². The number of para-hydroxylation sites is 1. The Morgan fingerprint density at radius 1 is 1.26 bits per heavy atom. The summed E-state index contributed by atoms with van der Waals surface area (Å²) >= 11 is 0. The number of H-pyrrole nitrogens is 1. The molecule has 0 aliphatic rings. The van der Waals surface area contributed by atoms with Gasteiger partial charge in [0.1, 0.15) is 5.82 Å². The maximum atomic E-state index is 11.1. The lowest BCUT2D eigenvalue weighted by Gasteiger charge is -2.07. The molecule has 0 spiro atoms. The molecular formula is C17H18N4O2. The number of ether oxygens (including phenoxy) is 1. The number of carbonyl (C=O) groups excluding carboxylic acids is 1. The molecule has 0 saturated carbocycles. The minimum absolute atomic E-state index is 0.508. The molecule has 3 N–H and O–H groups in total. The van der Waals surface area contributed by atoms with Gasteiger partial charge in [0.25, 0.3) is 0 Å². The smallest absolute Gasteiger partial charge is 0.411 e. The number of nitrogens with one attached hydrogen (secondary N) is 3. The second-order valence-electron chi connectivity index (χ2n) is 5.08. The number of carbonyl (C=O) groups is 1. The van der Waals surface area contributed by atoms with Gasteiger partial charge in [0, 0.05) is 23.6 Å². The summed E-state index contributed by atoms with van der Waals surface area (Å²) in [6.07, 6.45) is 4.02. The number of hydrogen-bond donors (Lipinski definition) is 3. The largest absolute Gasteiger partial charge is 0.453 e. The maximum absolute atomic E-state index is 11.1. The van der Waals surface area contributed by atoms with Crippen molar-refractivity contribution in [2.45, 2.75) is 6.42 Å². The van der Waals surface area contributed by atoms with Crippen molar-refractivity contribution in [1.29, 1.82) is 0 Å². The highest BCUT2D eigenvalue weighted by atomic mass is 16.5. The van der Waals surface area contributed by atoms with E-state index >= 15 is 0 Å². The molecule has 6 heteroatoms. The van der Waals surface area contributed by atoms with Crippen molar-refractivity contribution in [1.82, 2.24) is 9.97 Å². The highest BCUT2D eigenvalue weighted by Crippen LogP contribution is 2.18. The molecule has 0 unspecified atom stereocenters. The third kappa shape index (κ3) is 3.60. The molecule has 2 aromatic heterocycles. The predicted molar refractivity (Wildman–Crippen MR) is 90.8 cm³/mol. The zero-order valence-electron chi connectivity index (χ0n) is 12.8. The van der Waals surface area contributed by atoms with Crippen LogP contribution in [0.25, 0.3) is 10.9 Å². The summed E-state index contributed by atoms with van der Waals surface area (Å²) in [5.41, 5.74) is 3.02.